The number of halogens is 1. The van der Waals surface area contributed by atoms with Crippen molar-refractivity contribution < 1.29 is 18.5 Å². The minimum absolute atomic E-state index is 0.240. The zero-order valence-electron chi connectivity index (χ0n) is 16.2. The Bertz CT molecular complexity index is 1120. The van der Waals surface area contributed by atoms with Gasteiger partial charge in [-0.15, -0.1) is 0 Å². The molecule has 30 heavy (non-hydrogen) atoms. The summed E-state index contributed by atoms with van der Waals surface area (Å²) in [5.41, 5.74) is 1.98. The fraction of sp³-hybridized carbons (Fsp3) is 0.130. The predicted octanol–water partition coefficient (Wildman–Crippen LogP) is 3.90. The van der Waals surface area contributed by atoms with Gasteiger partial charge in [-0.1, -0.05) is 24.3 Å². The summed E-state index contributed by atoms with van der Waals surface area (Å²) in [4.78, 5) is 28.2. The van der Waals surface area contributed by atoms with Gasteiger partial charge in [-0.3, -0.25) is 9.59 Å². The summed E-state index contributed by atoms with van der Waals surface area (Å²) in [6.45, 7) is 2.45. The highest BCUT2D eigenvalue weighted by atomic mass is 32.2. The fourth-order valence-electron chi connectivity index (χ4n) is 3.41. The number of amides is 2. The van der Waals surface area contributed by atoms with E-state index < -0.39 is 11.2 Å². The van der Waals surface area contributed by atoms with Crippen molar-refractivity contribution in [2.24, 2.45) is 0 Å². The van der Waals surface area contributed by atoms with Gasteiger partial charge in [-0.25, -0.2) is 4.39 Å². The lowest BCUT2D eigenvalue weighted by Crippen LogP contribution is -2.31. The van der Waals surface area contributed by atoms with Crippen LogP contribution in [0, 0.1) is 5.82 Å². The van der Waals surface area contributed by atoms with Gasteiger partial charge in [0.25, 0.3) is 11.8 Å². The van der Waals surface area contributed by atoms with Crippen LogP contribution in [0.15, 0.2) is 76.5 Å². The molecule has 1 heterocycles. The maximum Gasteiger partial charge on any atom is 0.263 e. The zero-order chi connectivity index (χ0) is 21.3. The van der Waals surface area contributed by atoms with E-state index in [-0.39, 0.29) is 24.2 Å². The van der Waals surface area contributed by atoms with Crippen LogP contribution in [0.2, 0.25) is 0 Å². The number of nitrogens with zero attached hydrogens (tertiary/aromatic N) is 1. The number of hydrogen-bond acceptors (Lipinski definition) is 3. The van der Waals surface area contributed by atoms with Crippen LogP contribution in [0.4, 0.5) is 10.1 Å². The summed E-state index contributed by atoms with van der Waals surface area (Å²) < 4.78 is 26.2. The van der Waals surface area contributed by atoms with E-state index in [1.54, 1.807) is 54.6 Å². The van der Waals surface area contributed by atoms with E-state index in [9.17, 15) is 18.5 Å². The normalized spacial score (nSPS) is 15.2. The molecule has 1 aliphatic rings. The number of benzene rings is 3. The second-order valence-electron chi connectivity index (χ2n) is 6.81. The molecular formula is C23H19FN2O3S. The summed E-state index contributed by atoms with van der Waals surface area (Å²) in [6.07, 6.45) is 0. The minimum Gasteiger partial charge on any atom is -0.606 e. The number of hydrogen-bond donors (Lipinski definition) is 1. The molecule has 0 aromatic heterocycles. The first-order valence-corrected chi connectivity index (χ1v) is 10.6. The Kier molecular flexibility index (Phi) is 5.57. The fourth-order valence-corrected chi connectivity index (χ4v) is 4.75. The predicted molar refractivity (Wildman–Crippen MR) is 112 cm³/mol. The standard InChI is InChI=1S/C23H19FN2O3S/c1-2-26-19-13-16(22(27)25-14-15-7-10-17(24)11-8-15)9-12-21(19)30(29)20-6-4-3-5-18(20)23(26)28/h3-13H,2,14H2,1H3,(H,25,27)/t30-/m1/s1. The summed E-state index contributed by atoms with van der Waals surface area (Å²) in [5, 5.41) is 2.79. The summed E-state index contributed by atoms with van der Waals surface area (Å²) in [6, 6.07) is 17.6. The van der Waals surface area contributed by atoms with Crippen molar-refractivity contribution in [3.05, 3.63) is 89.2 Å². The van der Waals surface area contributed by atoms with Gasteiger partial charge in [0.15, 0.2) is 9.79 Å². The van der Waals surface area contributed by atoms with Crippen molar-refractivity contribution in [3.8, 4) is 0 Å². The van der Waals surface area contributed by atoms with Crippen molar-refractivity contribution in [2.45, 2.75) is 23.3 Å². The Morgan fingerprint density at radius 2 is 1.80 bits per heavy atom. The molecule has 5 nitrogen and oxygen atoms in total. The van der Waals surface area contributed by atoms with Crippen LogP contribution in [-0.2, 0) is 17.7 Å². The molecule has 0 unspecified atom stereocenters. The maximum absolute atomic E-state index is 13.2. The summed E-state index contributed by atoms with van der Waals surface area (Å²) in [7, 11) is 0. The lowest BCUT2D eigenvalue weighted by atomic mass is 10.1. The van der Waals surface area contributed by atoms with Gasteiger partial charge in [-0.05, 0) is 55.0 Å². The van der Waals surface area contributed by atoms with E-state index in [1.165, 1.54) is 17.0 Å². The second-order valence-corrected chi connectivity index (χ2v) is 8.22. The van der Waals surface area contributed by atoms with E-state index in [0.717, 1.165) is 5.56 Å². The van der Waals surface area contributed by atoms with E-state index in [1.807, 2.05) is 6.92 Å². The number of carbonyl (C=O) groups is 2. The van der Waals surface area contributed by atoms with Crippen LogP contribution < -0.4 is 10.2 Å². The molecule has 152 valence electrons. The number of rotatable bonds is 4. The number of carbonyl (C=O) groups excluding carboxylic acids is 2. The third kappa shape index (κ3) is 3.69. The highest BCUT2D eigenvalue weighted by molar-refractivity contribution is 7.91. The number of fused-ring (bicyclic) bond motifs is 2. The average molecular weight is 422 g/mol. The molecule has 1 aliphatic heterocycles. The molecular weight excluding hydrogens is 403 g/mol. The molecule has 0 spiro atoms. The van der Waals surface area contributed by atoms with Gasteiger partial charge in [0.05, 0.1) is 5.56 Å². The monoisotopic (exact) mass is 422 g/mol. The largest absolute Gasteiger partial charge is 0.606 e. The van der Waals surface area contributed by atoms with Gasteiger partial charge in [-0.2, -0.15) is 0 Å². The molecule has 1 atom stereocenters. The van der Waals surface area contributed by atoms with Crippen LogP contribution in [0.3, 0.4) is 0 Å². The van der Waals surface area contributed by atoms with Gasteiger partial charge < -0.3 is 14.8 Å². The van der Waals surface area contributed by atoms with Gasteiger partial charge in [0.2, 0.25) is 0 Å². The highest BCUT2D eigenvalue weighted by Gasteiger charge is 2.35. The molecule has 1 N–H and O–H groups in total. The molecule has 0 bridgehead atoms. The molecule has 4 rings (SSSR count). The Morgan fingerprint density at radius 1 is 1.07 bits per heavy atom. The zero-order valence-corrected chi connectivity index (χ0v) is 17.0. The maximum atomic E-state index is 13.2. The molecule has 0 aliphatic carbocycles. The van der Waals surface area contributed by atoms with Crippen molar-refractivity contribution in [1.82, 2.24) is 5.32 Å². The molecule has 0 saturated carbocycles. The molecule has 0 saturated heterocycles. The average Bonchev–Trinajstić information content (AvgIpc) is 2.86. The molecule has 2 amide bonds. The summed E-state index contributed by atoms with van der Waals surface area (Å²) in [5.74, 6) is -0.920. The van der Waals surface area contributed by atoms with Crippen molar-refractivity contribution in [1.29, 1.82) is 0 Å². The van der Waals surface area contributed by atoms with E-state index in [2.05, 4.69) is 5.32 Å². The van der Waals surface area contributed by atoms with Gasteiger partial charge in [0.1, 0.15) is 11.5 Å². The van der Waals surface area contributed by atoms with E-state index in [4.69, 9.17) is 0 Å². The third-order valence-electron chi connectivity index (χ3n) is 4.96. The summed E-state index contributed by atoms with van der Waals surface area (Å²) >= 11 is -1.54. The number of anilines is 1. The first-order chi connectivity index (χ1) is 14.5. The third-order valence-corrected chi connectivity index (χ3v) is 6.46. The first kappa shape index (κ1) is 20.1. The highest BCUT2D eigenvalue weighted by Crippen LogP contribution is 2.37. The Labute approximate surface area is 176 Å². The van der Waals surface area contributed by atoms with E-state index >= 15 is 0 Å². The molecule has 0 radical (unpaired) electrons. The molecule has 0 fully saturated rings. The smallest absolute Gasteiger partial charge is 0.263 e. The van der Waals surface area contributed by atoms with Crippen LogP contribution >= 0.6 is 0 Å². The van der Waals surface area contributed by atoms with Crippen LogP contribution in [-0.4, -0.2) is 22.9 Å². The second kappa shape index (κ2) is 8.30. The van der Waals surface area contributed by atoms with Crippen LogP contribution in [0.5, 0.6) is 0 Å². The van der Waals surface area contributed by atoms with E-state index in [0.29, 0.717) is 33.2 Å². The molecule has 3 aromatic rings. The Morgan fingerprint density at radius 3 is 2.53 bits per heavy atom. The van der Waals surface area contributed by atoms with Gasteiger partial charge >= 0.3 is 0 Å². The van der Waals surface area contributed by atoms with Crippen molar-refractivity contribution >= 4 is 28.7 Å². The van der Waals surface area contributed by atoms with Crippen LogP contribution in [0.1, 0.15) is 33.2 Å². The first-order valence-electron chi connectivity index (χ1n) is 9.49. The lowest BCUT2D eigenvalue weighted by molar-refractivity contribution is 0.0947. The topological polar surface area (TPSA) is 72.5 Å². The SMILES string of the molecule is CCN1C(=O)c2ccccc2[S@@+]([O-])c2ccc(C(=O)NCc3ccc(F)cc3)cc21. The molecule has 7 heteroatoms. The Balaban J connectivity index is 1.65. The Hall–Kier alpha value is -3.16. The molecule has 3 aromatic carbocycles. The quantitative estimate of drug-likeness (QED) is 0.648. The van der Waals surface area contributed by atoms with Crippen molar-refractivity contribution in [2.75, 3.05) is 11.4 Å². The number of nitrogens with one attached hydrogen (secondary N) is 1. The van der Waals surface area contributed by atoms with Crippen molar-refractivity contribution in [3.63, 3.8) is 0 Å². The lowest BCUT2D eigenvalue weighted by Gasteiger charge is -2.20. The van der Waals surface area contributed by atoms with Gasteiger partial charge in [0, 0.05) is 29.8 Å². The minimum atomic E-state index is -1.54. The van der Waals surface area contributed by atoms with Crippen LogP contribution in [0.25, 0.3) is 0 Å².